The first-order valence-electron chi connectivity index (χ1n) is 7.62. The van der Waals surface area contributed by atoms with E-state index in [0.717, 1.165) is 40.0 Å². The summed E-state index contributed by atoms with van der Waals surface area (Å²) in [5, 5.41) is 0. The first-order valence-corrected chi connectivity index (χ1v) is 7.62. The normalized spacial score (nSPS) is 15.3. The Balaban J connectivity index is 0.000000136. The van der Waals surface area contributed by atoms with Crippen LogP contribution >= 0.6 is 0 Å². The molecule has 1 heteroatoms. The molecular formula is C22H20O. The fraction of sp³-hybridized carbons (Fsp3) is 0.0909. The zero-order valence-electron chi connectivity index (χ0n) is 13.3. The van der Waals surface area contributed by atoms with E-state index in [1.54, 1.807) is 0 Å². The number of fused-ring (bicyclic) bond motifs is 2. The summed E-state index contributed by atoms with van der Waals surface area (Å²) in [4.78, 5) is 0. The van der Waals surface area contributed by atoms with Crippen LogP contribution in [-0.2, 0) is 6.42 Å². The maximum atomic E-state index is 5.45. The number of hydrogen-bond donors (Lipinski definition) is 0. The Hall–Kier alpha value is -2.80. The molecule has 0 aromatic heterocycles. The van der Waals surface area contributed by atoms with Crippen LogP contribution in [0.5, 0.6) is 5.75 Å². The van der Waals surface area contributed by atoms with E-state index >= 15 is 0 Å². The van der Waals surface area contributed by atoms with E-state index in [-0.39, 0.29) is 0 Å². The van der Waals surface area contributed by atoms with Crippen LogP contribution in [0.4, 0.5) is 0 Å². The molecular weight excluding hydrogens is 280 g/mol. The summed E-state index contributed by atoms with van der Waals surface area (Å²) in [6.45, 7) is 16.3. The molecule has 23 heavy (non-hydrogen) atoms. The summed E-state index contributed by atoms with van der Waals surface area (Å²) in [6.07, 6.45) is 0.981. The van der Waals surface area contributed by atoms with Crippen LogP contribution in [0.25, 0.3) is 11.1 Å². The smallest absolute Gasteiger partial charge is 0.127 e. The van der Waals surface area contributed by atoms with E-state index in [9.17, 15) is 0 Å². The fourth-order valence-electron chi connectivity index (χ4n) is 2.78. The molecule has 0 saturated heterocycles. The quantitative estimate of drug-likeness (QED) is 0.627. The van der Waals surface area contributed by atoms with Crippen molar-refractivity contribution in [1.82, 2.24) is 0 Å². The lowest BCUT2D eigenvalue weighted by atomic mass is 9.98. The Morgan fingerprint density at radius 2 is 1.30 bits per heavy atom. The lowest BCUT2D eigenvalue weighted by Crippen LogP contribution is -2.09. The SMILES string of the molecule is C=C1COc2ccccc2C1=C.C=C1Cc2ccccc2C1=C. The molecule has 4 rings (SSSR count). The number of rotatable bonds is 0. The minimum Gasteiger partial charge on any atom is -0.488 e. The van der Waals surface area contributed by atoms with Crippen molar-refractivity contribution in [1.29, 1.82) is 0 Å². The number of hydrogen-bond acceptors (Lipinski definition) is 1. The molecule has 2 aliphatic rings. The maximum absolute atomic E-state index is 5.45. The Bertz CT molecular complexity index is 823. The number of benzene rings is 2. The van der Waals surface area contributed by atoms with Crippen LogP contribution in [-0.4, -0.2) is 6.61 Å². The van der Waals surface area contributed by atoms with Crippen molar-refractivity contribution in [3.05, 3.63) is 103 Å². The van der Waals surface area contributed by atoms with Crippen molar-refractivity contribution in [2.24, 2.45) is 0 Å². The van der Waals surface area contributed by atoms with Gasteiger partial charge >= 0.3 is 0 Å². The number of para-hydroxylation sites is 1. The van der Waals surface area contributed by atoms with E-state index in [1.807, 2.05) is 30.3 Å². The molecule has 2 aromatic rings. The Morgan fingerprint density at radius 3 is 2.04 bits per heavy atom. The van der Waals surface area contributed by atoms with Gasteiger partial charge in [0.15, 0.2) is 0 Å². The van der Waals surface area contributed by atoms with Crippen LogP contribution < -0.4 is 4.74 Å². The predicted molar refractivity (Wildman–Crippen MR) is 98.4 cm³/mol. The third-order valence-electron chi connectivity index (χ3n) is 4.21. The van der Waals surface area contributed by atoms with Crippen LogP contribution in [0.2, 0.25) is 0 Å². The van der Waals surface area contributed by atoms with Gasteiger partial charge in [-0.2, -0.15) is 0 Å². The number of allylic oxidation sites excluding steroid dienone is 2. The van der Waals surface area contributed by atoms with Crippen LogP contribution in [0.15, 0.2) is 86.0 Å². The molecule has 1 aliphatic carbocycles. The van der Waals surface area contributed by atoms with Crippen molar-refractivity contribution in [3.8, 4) is 5.75 Å². The topological polar surface area (TPSA) is 9.23 Å². The van der Waals surface area contributed by atoms with Crippen molar-refractivity contribution in [2.45, 2.75) is 6.42 Å². The molecule has 0 spiro atoms. The average Bonchev–Trinajstić information content (AvgIpc) is 2.87. The van der Waals surface area contributed by atoms with Crippen LogP contribution in [0.1, 0.15) is 16.7 Å². The molecule has 114 valence electrons. The van der Waals surface area contributed by atoms with Crippen LogP contribution in [0.3, 0.4) is 0 Å². The Morgan fingerprint density at radius 1 is 0.696 bits per heavy atom. The summed E-state index contributed by atoms with van der Waals surface area (Å²) >= 11 is 0. The van der Waals surface area contributed by atoms with Gasteiger partial charge in [0, 0.05) is 5.56 Å². The summed E-state index contributed by atoms with van der Waals surface area (Å²) in [6, 6.07) is 16.2. The molecule has 1 nitrogen and oxygen atoms in total. The third kappa shape index (κ3) is 2.91. The molecule has 0 atom stereocenters. The second-order valence-corrected chi connectivity index (χ2v) is 5.78. The van der Waals surface area contributed by atoms with Crippen molar-refractivity contribution in [2.75, 3.05) is 6.61 Å². The summed E-state index contributed by atoms with van der Waals surface area (Å²) in [5.74, 6) is 0.912. The zero-order chi connectivity index (χ0) is 16.4. The average molecular weight is 300 g/mol. The van der Waals surface area contributed by atoms with E-state index < -0.39 is 0 Å². The second kappa shape index (κ2) is 6.13. The second-order valence-electron chi connectivity index (χ2n) is 5.78. The van der Waals surface area contributed by atoms with Crippen molar-refractivity contribution < 1.29 is 4.74 Å². The monoisotopic (exact) mass is 300 g/mol. The predicted octanol–water partition coefficient (Wildman–Crippen LogP) is 5.46. The van der Waals surface area contributed by atoms with Gasteiger partial charge in [-0.15, -0.1) is 0 Å². The molecule has 0 bridgehead atoms. The molecule has 1 aliphatic heterocycles. The minimum atomic E-state index is 0.565. The lowest BCUT2D eigenvalue weighted by molar-refractivity contribution is 0.349. The van der Waals surface area contributed by atoms with Crippen molar-refractivity contribution in [3.63, 3.8) is 0 Å². The highest BCUT2D eigenvalue weighted by Gasteiger charge is 2.16. The Labute approximate surface area is 137 Å². The molecule has 0 radical (unpaired) electrons. The highest BCUT2D eigenvalue weighted by Crippen LogP contribution is 2.34. The molecule has 0 N–H and O–H groups in total. The minimum absolute atomic E-state index is 0.565. The molecule has 0 saturated carbocycles. The standard InChI is InChI=1S/C11H10O.C11H10/c1-8-7-12-11-6-4-3-5-10(11)9(8)2;1-8-7-10-5-3-4-6-11(10)9(8)2/h3-6H,1-2,7H2;3-6H,1-2,7H2. The van der Waals surface area contributed by atoms with Gasteiger partial charge in [0.25, 0.3) is 0 Å². The van der Waals surface area contributed by atoms with Gasteiger partial charge in [0.05, 0.1) is 0 Å². The first kappa shape index (κ1) is 15.1. The lowest BCUT2D eigenvalue weighted by Gasteiger charge is -2.20. The van der Waals surface area contributed by atoms with E-state index in [1.165, 1.54) is 11.1 Å². The van der Waals surface area contributed by atoms with E-state index in [2.05, 4.69) is 44.5 Å². The van der Waals surface area contributed by atoms with Crippen molar-refractivity contribution >= 4 is 11.1 Å². The third-order valence-corrected chi connectivity index (χ3v) is 4.21. The molecule has 0 unspecified atom stereocenters. The highest BCUT2D eigenvalue weighted by atomic mass is 16.5. The number of ether oxygens (including phenoxy) is 1. The maximum Gasteiger partial charge on any atom is 0.127 e. The fourth-order valence-corrected chi connectivity index (χ4v) is 2.78. The van der Waals surface area contributed by atoms with Gasteiger partial charge in [-0.3, -0.25) is 0 Å². The van der Waals surface area contributed by atoms with Gasteiger partial charge in [-0.25, -0.2) is 0 Å². The van der Waals surface area contributed by atoms with Gasteiger partial charge in [-0.1, -0.05) is 68.8 Å². The van der Waals surface area contributed by atoms with E-state index in [0.29, 0.717) is 6.61 Å². The molecule has 0 fully saturated rings. The molecule has 0 amide bonds. The van der Waals surface area contributed by atoms with Gasteiger partial charge in [0.1, 0.15) is 12.4 Å². The largest absolute Gasteiger partial charge is 0.488 e. The Kier molecular flexibility index (Phi) is 4.03. The van der Waals surface area contributed by atoms with Crippen LogP contribution in [0, 0.1) is 0 Å². The van der Waals surface area contributed by atoms with Gasteiger partial charge in [0.2, 0.25) is 0 Å². The van der Waals surface area contributed by atoms with Gasteiger partial charge < -0.3 is 4.74 Å². The highest BCUT2D eigenvalue weighted by molar-refractivity contribution is 5.83. The summed E-state index contributed by atoms with van der Waals surface area (Å²) in [5.41, 5.74) is 7.94. The van der Waals surface area contributed by atoms with Gasteiger partial charge in [-0.05, 0) is 45.9 Å². The summed E-state index contributed by atoms with van der Waals surface area (Å²) < 4.78 is 5.45. The zero-order valence-corrected chi connectivity index (χ0v) is 13.3. The summed E-state index contributed by atoms with van der Waals surface area (Å²) in [7, 11) is 0. The molecule has 2 aromatic carbocycles. The van der Waals surface area contributed by atoms with E-state index in [4.69, 9.17) is 4.74 Å². The first-order chi connectivity index (χ1) is 11.1. The molecule has 1 heterocycles.